The van der Waals surface area contributed by atoms with Gasteiger partial charge in [0.2, 0.25) is 0 Å². The van der Waals surface area contributed by atoms with E-state index in [1.54, 1.807) is 14.2 Å². The van der Waals surface area contributed by atoms with Crippen molar-refractivity contribution >= 4 is 0 Å². The molecule has 1 aromatic rings. The summed E-state index contributed by atoms with van der Waals surface area (Å²) in [4.78, 5) is 0. The molecule has 2 rings (SSSR count). The Kier molecular flexibility index (Phi) is 3.89. The third-order valence-corrected chi connectivity index (χ3v) is 3.66. The fraction of sp³-hybridized carbons (Fsp3) is 0.571. The van der Waals surface area contributed by atoms with Gasteiger partial charge < -0.3 is 15.2 Å². The monoisotopic (exact) mass is 235 g/mol. The van der Waals surface area contributed by atoms with Crippen molar-refractivity contribution in [2.75, 3.05) is 14.2 Å². The lowest BCUT2D eigenvalue weighted by Crippen LogP contribution is -2.25. The molecule has 17 heavy (non-hydrogen) atoms. The summed E-state index contributed by atoms with van der Waals surface area (Å²) in [6.45, 7) is 0. The Labute approximate surface area is 103 Å². The third-order valence-electron chi connectivity index (χ3n) is 3.66. The molecule has 2 atom stereocenters. The summed E-state index contributed by atoms with van der Waals surface area (Å²) in [7, 11) is 3.33. The Morgan fingerprint density at radius 2 is 1.94 bits per heavy atom. The van der Waals surface area contributed by atoms with E-state index in [1.807, 2.05) is 6.07 Å². The molecule has 0 unspecified atom stereocenters. The van der Waals surface area contributed by atoms with Crippen LogP contribution in [0.3, 0.4) is 0 Å². The molecule has 0 heterocycles. The molecule has 0 bridgehead atoms. The molecule has 2 N–H and O–H groups in total. The summed E-state index contributed by atoms with van der Waals surface area (Å²) in [6, 6.07) is 6.49. The summed E-state index contributed by atoms with van der Waals surface area (Å²) in [5.74, 6) is 2.21. The van der Waals surface area contributed by atoms with Crippen LogP contribution in [0.4, 0.5) is 0 Å². The summed E-state index contributed by atoms with van der Waals surface area (Å²) in [5, 5.41) is 0. The van der Waals surface area contributed by atoms with Gasteiger partial charge in [-0.05, 0) is 42.9 Å². The molecule has 0 aliphatic heterocycles. The SMILES string of the molecule is COc1ccc(C[C@H]2CCC[C@H]2N)cc1OC. The van der Waals surface area contributed by atoms with Gasteiger partial charge in [0.1, 0.15) is 0 Å². The van der Waals surface area contributed by atoms with Gasteiger partial charge in [0.25, 0.3) is 0 Å². The predicted molar refractivity (Wildman–Crippen MR) is 68.6 cm³/mol. The maximum Gasteiger partial charge on any atom is 0.160 e. The van der Waals surface area contributed by atoms with Crippen molar-refractivity contribution in [2.24, 2.45) is 11.7 Å². The van der Waals surface area contributed by atoms with Gasteiger partial charge >= 0.3 is 0 Å². The molecule has 0 saturated heterocycles. The number of methoxy groups -OCH3 is 2. The van der Waals surface area contributed by atoms with Gasteiger partial charge in [-0.15, -0.1) is 0 Å². The zero-order valence-electron chi connectivity index (χ0n) is 10.6. The molecule has 1 aliphatic rings. The van der Waals surface area contributed by atoms with Gasteiger partial charge in [-0.3, -0.25) is 0 Å². The number of ether oxygens (including phenoxy) is 2. The van der Waals surface area contributed by atoms with Crippen LogP contribution in [0.2, 0.25) is 0 Å². The van der Waals surface area contributed by atoms with Gasteiger partial charge in [-0.25, -0.2) is 0 Å². The average Bonchev–Trinajstić information content (AvgIpc) is 2.75. The van der Waals surface area contributed by atoms with Gasteiger partial charge in [-0.1, -0.05) is 12.5 Å². The zero-order valence-corrected chi connectivity index (χ0v) is 10.6. The molecule has 3 heteroatoms. The van der Waals surface area contributed by atoms with Gasteiger partial charge in [-0.2, -0.15) is 0 Å². The maximum absolute atomic E-state index is 6.10. The lowest BCUT2D eigenvalue weighted by Gasteiger charge is -2.16. The van der Waals surface area contributed by atoms with E-state index >= 15 is 0 Å². The predicted octanol–water partition coefficient (Wildman–Crippen LogP) is 2.37. The minimum atomic E-state index is 0.364. The molecule has 1 fully saturated rings. The quantitative estimate of drug-likeness (QED) is 0.871. The lowest BCUT2D eigenvalue weighted by atomic mass is 9.95. The fourth-order valence-electron chi connectivity index (χ4n) is 2.63. The van der Waals surface area contributed by atoms with E-state index < -0.39 is 0 Å². The third kappa shape index (κ3) is 2.72. The van der Waals surface area contributed by atoms with Crippen LogP contribution in [0.1, 0.15) is 24.8 Å². The first kappa shape index (κ1) is 12.2. The van der Waals surface area contributed by atoms with E-state index in [1.165, 1.54) is 18.4 Å². The van der Waals surface area contributed by atoms with E-state index in [9.17, 15) is 0 Å². The maximum atomic E-state index is 6.10. The molecule has 0 aromatic heterocycles. The Balaban J connectivity index is 2.10. The Bertz CT molecular complexity index is 378. The molecular formula is C14H21NO2. The first-order chi connectivity index (χ1) is 8.24. The molecule has 0 spiro atoms. The van der Waals surface area contributed by atoms with Crippen molar-refractivity contribution in [2.45, 2.75) is 31.7 Å². The molecule has 3 nitrogen and oxygen atoms in total. The van der Waals surface area contributed by atoms with Gasteiger partial charge in [0, 0.05) is 6.04 Å². The van der Waals surface area contributed by atoms with Crippen molar-refractivity contribution in [3.05, 3.63) is 23.8 Å². The topological polar surface area (TPSA) is 44.5 Å². The number of hydrogen-bond donors (Lipinski definition) is 1. The molecular weight excluding hydrogens is 214 g/mol. The Morgan fingerprint density at radius 3 is 2.53 bits per heavy atom. The van der Waals surface area contributed by atoms with Crippen LogP contribution in [0.5, 0.6) is 11.5 Å². The molecule has 0 radical (unpaired) electrons. The van der Waals surface area contributed by atoms with E-state index in [4.69, 9.17) is 15.2 Å². The van der Waals surface area contributed by atoms with Crippen molar-refractivity contribution in [3.8, 4) is 11.5 Å². The number of benzene rings is 1. The van der Waals surface area contributed by atoms with E-state index in [0.29, 0.717) is 12.0 Å². The van der Waals surface area contributed by atoms with E-state index in [2.05, 4.69) is 12.1 Å². The van der Waals surface area contributed by atoms with E-state index in [0.717, 1.165) is 24.3 Å². The highest BCUT2D eigenvalue weighted by atomic mass is 16.5. The van der Waals surface area contributed by atoms with Crippen molar-refractivity contribution < 1.29 is 9.47 Å². The summed E-state index contributed by atoms with van der Waals surface area (Å²) < 4.78 is 10.5. The number of rotatable bonds is 4. The Morgan fingerprint density at radius 1 is 1.18 bits per heavy atom. The summed E-state index contributed by atoms with van der Waals surface area (Å²) in [6.07, 6.45) is 4.72. The molecule has 1 saturated carbocycles. The van der Waals surface area contributed by atoms with Crippen LogP contribution in [0.15, 0.2) is 18.2 Å². The van der Waals surface area contributed by atoms with Gasteiger partial charge in [0.05, 0.1) is 14.2 Å². The molecule has 0 amide bonds. The van der Waals surface area contributed by atoms with Crippen LogP contribution in [0.25, 0.3) is 0 Å². The second kappa shape index (κ2) is 5.41. The van der Waals surface area contributed by atoms with Crippen LogP contribution in [0, 0.1) is 5.92 Å². The summed E-state index contributed by atoms with van der Waals surface area (Å²) >= 11 is 0. The van der Waals surface area contributed by atoms with Gasteiger partial charge in [0.15, 0.2) is 11.5 Å². The molecule has 1 aromatic carbocycles. The van der Waals surface area contributed by atoms with Crippen molar-refractivity contribution in [3.63, 3.8) is 0 Å². The fourth-order valence-corrected chi connectivity index (χ4v) is 2.63. The van der Waals surface area contributed by atoms with Crippen LogP contribution in [-0.2, 0) is 6.42 Å². The second-order valence-electron chi connectivity index (χ2n) is 4.75. The first-order valence-corrected chi connectivity index (χ1v) is 6.21. The Hall–Kier alpha value is -1.22. The smallest absolute Gasteiger partial charge is 0.160 e. The average molecular weight is 235 g/mol. The van der Waals surface area contributed by atoms with Crippen molar-refractivity contribution in [1.29, 1.82) is 0 Å². The highest BCUT2D eigenvalue weighted by Gasteiger charge is 2.24. The minimum absolute atomic E-state index is 0.364. The van der Waals surface area contributed by atoms with Crippen LogP contribution < -0.4 is 15.2 Å². The summed E-state index contributed by atoms with van der Waals surface area (Å²) in [5.41, 5.74) is 7.38. The van der Waals surface area contributed by atoms with Crippen LogP contribution >= 0.6 is 0 Å². The first-order valence-electron chi connectivity index (χ1n) is 6.21. The molecule has 1 aliphatic carbocycles. The number of nitrogens with two attached hydrogens (primary N) is 1. The van der Waals surface area contributed by atoms with Crippen molar-refractivity contribution in [1.82, 2.24) is 0 Å². The minimum Gasteiger partial charge on any atom is -0.493 e. The highest BCUT2D eigenvalue weighted by Crippen LogP contribution is 2.31. The van der Waals surface area contributed by atoms with Crippen LogP contribution in [-0.4, -0.2) is 20.3 Å². The highest BCUT2D eigenvalue weighted by molar-refractivity contribution is 5.43. The standard InChI is InChI=1S/C14H21NO2/c1-16-13-7-6-10(9-14(13)17-2)8-11-4-3-5-12(11)15/h6-7,9,11-12H,3-5,8,15H2,1-2H3/t11-,12-/m1/s1. The largest absolute Gasteiger partial charge is 0.493 e. The normalized spacial score (nSPS) is 23.7. The lowest BCUT2D eigenvalue weighted by molar-refractivity contribution is 0.354. The number of hydrogen-bond acceptors (Lipinski definition) is 3. The second-order valence-corrected chi connectivity index (χ2v) is 4.75. The van der Waals surface area contributed by atoms with E-state index in [-0.39, 0.29) is 0 Å². The molecule has 94 valence electrons. The zero-order chi connectivity index (χ0) is 12.3.